The van der Waals surface area contributed by atoms with Gasteiger partial charge >= 0.3 is 12.1 Å². The van der Waals surface area contributed by atoms with Gasteiger partial charge < -0.3 is 84.9 Å². The van der Waals surface area contributed by atoms with Crippen LogP contribution in [0.15, 0.2) is 35.3 Å². The summed E-state index contributed by atoms with van der Waals surface area (Å²) in [6.07, 6.45) is -3.11. The maximum atomic E-state index is 14.0. The highest BCUT2D eigenvalue weighted by Gasteiger charge is 2.36. The van der Waals surface area contributed by atoms with Gasteiger partial charge in [0.15, 0.2) is 5.96 Å². The Balaban J connectivity index is 3.21. The van der Waals surface area contributed by atoms with Crippen molar-refractivity contribution in [2.45, 2.75) is 148 Å². The number of benzene rings is 1. The first-order valence-electron chi connectivity index (χ1n) is 23.9. The van der Waals surface area contributed by atoms with Crippen molar-refractivity contribution < 1.29 is 68.3 Å². The summed E-state index contributed by atoms with van der Waals surface area (Å²) in [6, 6.07) is -1.27. The van der Waals surface area contributed by atoms with Crippen molar-refractivity contribution in [3.63, 3.8) is 0 Å². The number of aliphatic hydroxyl groups excluding tert-OH is 3. The van der Waals surface area contributed by atoms with E-state index in [2.05, 4.69) is 47.5 Å². The molecule has 18 N–H and O–H groups in total. The Labute approximate surface area is 419 Å². The van der Waals surface area contributed by atoms with Crippen LogP contribution in [0.2, 0.25) is 0 Å². The Bertz CT molecular complexity index is 1950. The summed E-state index contributed by atoms with van der Waals surface area (Å²) in [5.41, 5.74) is 17.6. The number of alkyl carbamates (subject to hydrolysis) is 1. The lowest BCUT2D eigenvalue weighted by Crippen LogP contribution is -2.62. The molecule has 0 unspecified atom stereocenters. The van der Waals surface area contributed by atoms with E-state index >= 15 is 0 Å². The molecule has 1 aromatic rings. The normalized spacial score (nSPS) is 15.3. The summed E-state index contributed by atoms with van der Waals surface area (Å²) in [5.74, 6) is -9.24. The molecule has 406 valence electrons. The topological polar surface area (TPSA) is 430 Å². The van der Waals surface area contributed by atoms with E-state index < -0.39 is 127 Å². The number of guanidine groups is 1. The second-order valence-corrected chi connectivity index (χ2v) is 18.1. The molecule has 1 rings (SSSR count). The number of carboxylic acid groups (broad SMARTS) is 1. The van der Waals surface area contributed by atoms with Crippen LogP contribution in [0.25, 0.3) is 0 Å². The van der Waals surface area contributed by atoms with E-state index in [-0.39, 0.29) is 69.6 Å². The molecule has 0 fully saturated rings. The number of nitrogens with two attached hydrogens (primary N) is 3. The number of carbonyl (C=O) groups is 9. The number of aliphatic hydroxyl groups is 3. The zero-order valence-electron chi connectivity index (χ0n) is 42.1. The predicted molar refractivity (Wildman–Crippen MR) is 263 cm³/mol. The molecule has 72 heavy (non-hydrogen) atoms. The molecule has 0 aromatic heterocycles. The van der Waals surface area contributed by atoms with E-state index in [0.717, 1.165) is 5.56 Å². The first-order chi connectivity index (χ1) is 33.8. The number of nitrogens with one attached hydrogen (secondary N) is 8. The highest BCUT2D eigenvalue weighted by atomic mass is 16.5. The Morgan fingerprint density at radius 2 is 1.24 bits per heavy atom. The first kappa shape index (κ1) is 63.4. The van der Waals surface area contributed by atoms with Crippen molar-refractivity contribution >= 4 is 59.4 Å². The second kappa shape index (κ2) is 33.1. The van der Waals surface area contributed by atoms with E-state index in [1.165, 1.54) is 6.92 Å². The fourth-order valence-corrected chi connectivity index (χ4v) is 6.71. The van der Waals surface area contributed by atoms with Gasteiger partial charge in [-0.3, -0.25) is 38.6 Å². The van der Waals surface area contributed by atoms with Crippen LogP contribution in [-0.2, 0) is 49.7 Å². The Kier molecular flexibility index (Phi) is 29.1. The number of hydrogen-bond acceptors (Lipinski definition) is 15. The molecule has 10 atom stereocenters. The van der Waals surface area contributed by atoms with Gasteiger partial charge in [-0.05, 0) is 62.3 Å². The van der Waals surface area contributed by atoms with E-state index in [1.54, 1.807) is 71.9 Å². The van der Waals surface area contributed by atoms with Crippen LogP contribution in [0.1, 0.15) is 92.6 Å². The largest absolute Gasteiger partial charge is 0.480 e. The zero-order valence-corrected chi connectivity index (χ0v) is 42.1. The molecule has 0 radical (unpaired) electrons. The predicted octanol–water partition coefficient (Wildman–Crippen LogP) is -3.33. The number of carbonyl (C=O) groups excluding carboxylic acids is 8. The molecule has 0 spiro atoms. The van der Waals surface area contributed by atoms with Crippen molar-refractivity contribution in [3.8, 4) is 0 Å². The Morgan fingerprint density at radius 3 is 1.79 bits per heavy atom. The van der Waals surface area contributed by atoms with E-state index in [9.17, 15) is 63.6 Å². The fourth-order valence-electron chi connectivity index (χ4n) is 6.71. The standard InChI is InChI=1S/C46H78N12O14/c1-8-26(6)35(57-39(64)30(17-12-18-50-45(48)49)54-40(65)31(20-24(2)3)55-41(66)34(47)37(62)25(4)5)43(68)58-36(27(7)60)42(67)52-21-33(61)53-29(38(63)56-32(22-59)44(69)70)16-13-19-51-46(71)72-23-28-14-10-9-11-15-28/h9-11,14-15,24-27,29-32,34-37,59-60,62H,8,12-13,16-23,47H2,1-7H3,(H,51,71)(H,52,67)(H,53,61)(H,54,65)(H,55,66)(H,56,63)(H,57,64)(H,58,68)(H,69,70)(H4,48,49,50)/t26-,27-,29-,30+,31-,32-,34-,35-,36-,37+/m0/s1. The number of rotatable bonds is 33. The third kappa shape index (κ3) is 24.0. The Morgan fingerprint density at radius 1 is 0.681 bits per heavy atom. The molecule has 0 bridgehead atoms. The van der Waals surface area contributed by atoms with Gasteiger partial charge in [-0.15, -0.1) is 0 Å². The lowest BCUT2D eigenvalue weighted by Gasteiger charge is -2.30. The van der Waals surface area contributed by atoms with Crippen LogP contribution < -0.4 is 59.7 Å². The van der Waals surface area contributed by atoms with Gasteiger partial charge in [-0.25, -0.2) is 9.59 Å². The smallest absolute Gasteiger partial charge is 0.407 e. The molecule has 1 aromatic carbocycles. The molecule has 0 saturated heterocycles. The molecular formula is C46H78N12O14. The third-order valence-corrected chi connectivity index (χ3v) is 11.2. The van der Waals surface area contributed by atoms with E-state index in [4.69, 9.17) is 21.9 Å². The number of nitrogens with zero attached hydrogens (tertiary/aromatic N) is 1. The first-order valence-corrected chi connectivity index (χ1v) is 23.9. The van der Waals surface area contributed by atoms with Crippen LogP contribution in [-0.4, -0.2) is 161 Å². The van der Waals surface area contributed by atoms with Crippen molar-refractivity contribution in [1.82, 2.24) is 42.5 Å². The minimum atomic E-state index is -1.72. The summed E-state index contributed by atoms with van der Waals surface area (Å²) in [5, 5.41) is 59.3. The summed E-state index contributed by atoms with van der Waals surface area (Å²) in [6.45, 7) is 9.69. The number of amides is 8. The maximum absolute atomic E-state index is 14.0. The molecule has 26 heteroatoms. The molecule has 0 saturated carbocycles. The zero-order chi connectivity index (χ0) is 54.7. The molecule has 0 aliphatic rings. The highest BCUT2D eigenvalue weighted by Crippen LogP contribution is 2.13. The number of carboxylic acids is 1. The summed E-state index contributed by atoms with van der Waals surface area (Å²) < 4.78 is 5.15. The van der Waals surface area contributed by atoms with Crippen LogP contribution in [0, 0.1) is 17.8 Å². The van der Waals surface area contributed by atoms with Crippen LogP contribution in [0.5, 0.6) is 0 Å². The van der Waals surface area contributed by atoms with Gasteiger partial charge in [-0.2, -0.15) is 0 Å². The second-order valence-electron chi connectivity index (χ2n) is 18.1. The SMILES string of the molecule is CC[C@H](C)[C@H](NC(=O)[C@@H](CCCN=C(N)N)NC(=O)[C@H](CC(C)C)NC(=O)[C@@H](N)[C@H](O)C(C)C)C(=O)N[C@H](C(=O)NCC(=O)N[C@@H](CCCNC(=O)OCc1ccccc1)C(=O)N[C@@H](CO)C(=O)O)[C@H](C)O. The number of hydrogen-bond donors (Lipinski definition) is 15. The molecule has 26 nitrogen and oxygen atoms in total. The minimum absolute atomic E-state index is 0.0100. The van der Waals surface area contributed by atoms with Gasteiger partial charge in [0.1, 0.15) is 48.9 Å². The van der Waals surface area contributed by atoms with Gasteiger partial charge in [0.25, 0.3) is 0 Å². The quantitative estimate of drug-likeness (QED) is 0.0186. The molecule has 0 aliphatic heterocycles. The molecular weight excluding hydrogens is 945 g/mol. The summed E-state index contributed by atoms with van der Waals surface area (Å²) >= 11 is 0. The van der Waals surface area contributed by atoms with E-state index in [1.807, 2.05) is 0 Å². The minimum Gasteiger partial charge on any atom is -0.480 e. The van der Waals surface area contributed by atoms with Gasteiger partial charge in [-0.1, -0.05) is 78.3 Å². The lowest BCUT2D eigenvalue weighted by atomic mass is 9.96. The van der Waals surface area contributed by atoms with Crippen LogP contribution >= 0.6 is 0 Å². The maximum Gasteiger partial charge on any atom is 0.407 e. The number of ether oxygens (including phenoxy) is 1. The van der Waals surface area contributed by atoms with Crippen LogP contribution in [0.3, 0.4) is 0 Å². The van der Waals surface area contributed by atoms with E-state index in [0.29, 0.717) is 6.42 Å². The highest BCUT2D eigenvalue weighted by molar-refractivity contribution is 5.97. The van der Waals surface area contributed by atoms with Crippen molar-refractivity contribution in [1.29, 1.82) is 0 Å². The van der Waals surface area contributed by atoms with Crippen LogP contribution in [0.4, 0.5) is 4.79 Å². The number of aliphatic imine (C=N–C) groups is 1. The van der Waals surface area contributed by atoms with Crippen molar-refractivity contribution in [2.75, 3.05) is 26.2 Å². The average Bonchev–Trinajstić information content (AvgIpc) is 3.32. The van der Waals surface area contributed by atoms with Crippen molar-refractivity contribution in [2.24, 2.45) is 39.9 Å². The molecule has 8 amide bonds. The third-order valence-electron chi connectivity index (χ3n) is 11.2. The fraction of sp³-hybridized carbons (Fsp3) is 0.652. The van der Waals surface area contributed by atoms with Gasteiger partial charge in [0.2, 0.25) is 41.4 Å². The van der Waals surface area contributed by atoms with Gasteiger partial charge in [0.05, 0.1) is 25.4 Å². The monoisotopic (exact) mass is 1020 g/mol. The summed E-state index contributed by atoms with van der Waals surface area (Å²) in [7, 11) is 0. The van der Waals surface area contributed by atoms with Crippen molar-refractivity contribution in [3.05, 3.63) is 35.9 Å². The summed E-state index contributed by atoms with van der Waals surface area (Å²) in [4.78, 5) is 122. The number of aliphatic carboxylic acids is 1. The molecule has 0 aliphatic carbocycles. The Hall–Kier alpha value is -6.64. The lowest BCUT2D eigenvalue weighted by molar-refractivity contribution is -0.143. The molecule has 0 heterocycles. The van der Waals surface area contributed by atoms with Gasteiger partial charge in [0, 0.05) is 13.1 Å². The average molecular weight is 1020 g/mol.